The maximum Gasteiger partial charge on any atom is 0.242 e. The van der Waals surface area contributed by atoms with Crippen molar-refractivity contribution in [2.45, 2.75) is 31.8 Å². The summed E-state index contributed by atoms with van der Waals surface area (Å²) in [6.07, 6.45) is 0.650. The molecule has 1 aromatic carbocycles. The van der Waals surface area contributed by atoms with Crippen LogP contribution in [0.2, 0.25) is 0 Å². The maximum absolute atomic E-state index is 12.1. The largest absolute Gasteiger partial charge is 0.368 e. The molecule has 19 heavy (non-hydrogen) atoms. The molecule has 1 aromatic rings. The second-order valence-corrected chi connectivity index (χ2v) is 5.49. The maximum atomic E-state index is 12.1. The van der Waals surface area contributed by atoms with Gasteiger partial charge in [-0.25, -0.2) is 0 Å². The van der Waals surface area contributed by atoms with Gasteiger partial charge in [0.25, 0.3) is 0 Å². The van der Waals surface area contributed by atoms with Crippen molar-refractivity contribution in [3.63, 3.8) is 0 Å². The molecule has 0 fully saturated rings. The Labute approximate surface area is 116 Å². The predicted octanol–water partition coefficient (Wildman–Crippen LogP) is 1.32. The molecule has 0 aliphatic heterocycles. The van der Waals surface area contributed by atoms with Crippen molar-refractivity contribution in [1.29, 1.82) is 0 Å². The molecule has 106 valence electrons. The van der Waals surface area contributed by atoms with Crippen LogP contribution < -0.4 is 11.1 Å². The van der Waals surface area contributed by atoms with Crippen LogP contribution in [0.15, 0.2) is 30.3 Å². The molecule has 0 saturated carbocycles. The molecule has 0 spiro atoms. The zero-order valence-electron chi connectivity index (χ0n) is 12.3. The summed E-state index contributed by atoms with van der Waals surface area (Å²) < 4.78 is 0. The first kappa shape index (κ1) is 15.7. The van der Waals surface area contributed by atoms with Crippen molar-refractivity contribution in [3.8, 4) is 0 Å². The molecular formula is C15H25N3O. The predicted molar refractivity (Wildman–Crippen MR) is 78.8 cm³/mol. The lowest BCUT2D eigenvalue weighted by atomic mass is 9.85. The summed E-state index contributed by atoms with van der Waals surface area (Å²) in [6.45, 7) is 4.84. The van der Waals surface area contributed by atoms with Crippen LogP contribution in [0.5, 0.6) is 0 Å². The Hall–Kier alpha value is -1.39. The number of nitrogens with two attached hydrogens (primary N) is 1. The van der Waals surface area contributed by atoms with Crippen molar-refractivity contribution in [3.05, 3.63) is 35.9 Å². The second kappa shape index (κ2) is 6.68. The second-order valence-electron chi connectivity index (χ2n) is 5.49. The van der Waals surface area contributed by atoms with Gasteiger partial charge >= 0.3 is 0 Å². The first-order chi connectivity index (χ1) is 8.88. The Balaban J connectivity index is 3.15. The number of nitrogens with one attached hydrogen (secondary N) is 1. The summed E-state index contributed by atoms with van der Waals surface area (Å²) in [5.41, 5.74) is 5.84. The zero-order chi connectivity index (χ0) is 14.5. The summed E-state index contributed by atoms with van der Waals surface area (Å²) in [6, 6.07) is 9.90. The van der Waals surface area contributed by atoms with Gasteiger partial charge in [0, 0.05) is 12.6 Å². The summed E-state index contributed by atoms with van der Waals surface area (Å²) in [4.78, 5) is 14.2. The molecule has 1 atom stereocenters. The number of rotatable bonds is 7. The third kappa shape index (κ3) is 4.04. The monoisotopic (exact) mass is 263 g/mol. The molecule has 0 heterocycles. The van der Waals surface area contributed by atoms with E-state index < -0.39 is 5.54 Å². The van der Waals surface area contributed by atoms with Gasteiger partial charge in [0.1, 0.15) is 5.54 Å². The van der Waals surface area contributed by atoms with Crippen LogP contribution in [-0.2, 0) is 10.3 Å². The van der Waals surface area contributed by atoms with E-state index >= 15 is 0 Å². The lowest BCUT2D eigenvalue weighted by Gasteiger charge is -2.35. The van der Waals surface area contributed by atoms with E-state index in [1.165, 1.54) is 0 Å². The molecule has 0 aromatic heterocycles. The quantitative estimate of drug-likeness (QED) is 0.780. The van der Waals surface area contributed by atoms with Gasteiger partial charge in [-0.15, -0.1) is 0 Å². The van der Waals surface area contributed by atoms with Gasteiger partial charge in [-0.05, 0) is 39.9 Å². The molecule has 1 amide bonds. The zero-order valence-corrected chi connectivity index (χ0v) is 12.3. The molecule has 1 unspecified atom stereocenters. The fraction of sp³-hybridized carbons (Fsp3) is 0.533. The van der Waals surface area contributed by atoms with Crippen molar-refractivity contribution in [2.24, 2.45) is 5.73 Å². The molecule has 0 bridgehead atoms. The van der Waals surface area contributed by atoms with Crippen LogP contribution in [-0.4, -0.2) is 37.5 Å². The third-order valence-electron chi connectivity index (χ3n) is 3.16. The minimum Gasteiger partial charge on any atom is -0.368 e. The van der Waals surface area contributed by atoms with Crippen LogP contribution in [0, 0.1) is 0 Å². The van der Waals surface area contributed by atoms with Crippen molar-refractivity contribution < 1.29 is 4.79 Å². The summed E-state index contributed by atoms with van der Waals surface area (Å²) in [7, 11) is 3.98. The van der Waals surface area contributed by atoms with E-state index in [-0.39, 0.29) is 11.9 Å². The standard InChI is InChI=1S/C15H25N3O/c1-12(2)17-15(14(16)19,10-11-18(3)4)13-8-6-5-7-9-13/h5-9,12,17H,10-11H2,1-4H3,(H2,16,19). The molecule has 3 N–H and O–H groups in total. The molecule has 1 rings (SSSR count). The van der Waals surface area contributed by atoms with Gasteiger partial charge in [0.15, 0.2) is 0 Å². The topological polar surface area (TPSA) is 58.4 Å². The van der Waals surface area contributed by atoms with E-state index in [1.54, 1.807) is 0 Å². The molecule has 0 saturated heterocycles. The van der Waals surface area contributed by atoms with Crippen molar-refractivity contribution in [2.75, 3.05) is 20.6 Å². The average Bonchev–Trinajstić information content (AvgIpc) is 2.34. The molecule has 4 heteroatoms. The molecule has 4 nitrogen and oxygen atoms in total. The minimum absolute atomic E-state index is 0.176. The van der Waals surface area contributed by atoms with Gasteiger partial charge < -0.3 is 10.6 Å². The van der Waals surface area contributed by atoms with Crippen LogP contribution in [0.4, 0.5) is 0 Å². The molecule has 0 radical (unpaired) electrons. The van der Waals surface area contributed by atoms with Gasteiger partial charge in [0.05, 0.1) is 0 Å². The van der Waals surface area contributed by atoms with Gasteiger partial charge in [0.2, 0.25) is 5.91 Å². The highest BCUT2D eigenvalue weighted by Crippen LogP contribution is 2.26. The normalized spacial score (nSPS) is 14.6. The number of primary amides is 1. The van der Waals surface area contributed by atoms with Gasteiger partial charge in [-0.1, -0.05) is 30.3 Å². The van der Waals surface area contributed by atoms with Gasteiger partial charge in [-0.2, -0.15) is 0 Å². The average molecular weight is 263 g/mol. The van der Waals surface area contributed by atoms with Crippen LogP contribution >= 0.6 is 0 Å². The van der Waals surface area contributed by atoms with Gasteiger partial charge in [-0.3, -0.25) is 10.1 Å². The Bertz CT molecular complexity index is 403. The van der Waals surface area contributed by atoms with Crippen LogP contribution in [0.1, 0.15) is 25.8 Å². The fourth-order valence-corrected chi connectivity index (χ4v) is 2.24. The Kier molecular flexibility index (Phi) is 5.51. The Morgan fingerprint density at radius 3 is 2.32 bits per heavy atom. The first-order valence-corrected chi connectivity index (χ1v) is 6.66. The summed E-state index contributed by atoms with van der Waals surface area (Å²) in [5.74, 6) is -0.325. The van der Waals surface area contributed by atoms with E-state index in [2.05, 4.69) is 10.2 Å². The van der Waals surface area contributed by atoms with E-state index in [0.29, 0.717) is 6.42 Å². The lowest BCUT2D eigenvalue weighted by molar-refractivity contribution is -0.125. The highest BCUT2D eigenvalue weighted by Gasteiger charge is 2.38. The number of carbonyl (C=O) groups excluding carboxylic acids is 1. The first-order valence-electron chi connectivity index (χ1n) is 6.66. The highest BCUT2D eigenvalue weighted by atomic mass is 16.1. The van der Waals surface area contributed by atoms with E-state index in [1.807, 2.05) is 58.3 Å². The number of amides is 1. The Morgan fingerprint density at radius 2 is 1.89 bits per heavy atom. The van der Waals surface area contributed by atoms with Crippen molar-refractivity contribution in [1.82, 2.24) is 10.2 Å². The number of carbonyl (C=O) groups is 1. The Morgan fingerprint density at radius 1 is 1.32 bits per heavy atom. The lowest BCUT2D eigenvalue weighted by Crippen LogP contribution is -2.56. The van der Waals surface area contributed by atoms with E-state index in [4.69, 9.17) is 5.73 Å². The van der Waals surface area contributed by atoms with Crippen LogP contribution in [0.3, 0.4) is 0 Å². The molecular weight excluding hydrogens is 238 g/mol. The number of nitrogens with zero attached hydrogens (tertiary/aromatic N) is 1. The van der Waals surface area contributed by atoms with Crippen LogP contribution in [0.25, 0.3) is 0 Å². The summed E-state index contributed by atoms with van der Waals surface area (Å²) in [5, 5.41) is 3.36. The number of benzene rings is 1. The molecule has 0 aliphatic rings. The van der Waals surface area contributed by atoms with E-state index in [0.717, 1.165) is 12.1 Å². The van der Waals surface area contributed by atoms with Crippen molar-refractivity contribution >= 4 is 5.91 Å². The SMILES string of the molecule is CC(C)NC(CCN(C)C)(C(N)=O)c1ccccc1. The minimum atomic E-state index is -0.806. The molecule has 0 aliphatic carbocycles. The smallest absolute Gasteiger partial charge is 0.242 e. The van der Waals surface area contributed by atoms with E-state index in [9.17, 15) is 4.79 Å². The summed E-state index contributed by atoms with van der Waals surface area (Å²) >= 11 is 0. The highest BCUT2D eigenvalue weighted by molar-refractivity contribution is 5.86. The third-order valence-corrected chi connectivity index (χ3v) is 3.16. The fourth-order valence-electron chi connectivity index (χ4n) is 2.24. The number of hydrogen-bond acceptors (Lipinski definition) is 3. The number of hydrogen-bond donors (Lipinski definition) is 2.